The second kappa shape index (κ2) is 9.18. The van der Waals surface area contributed by atoms with Crippen molar-refractivity contribution in [2.45, 2.75) is 25.4 Å². The number of anilines is 1. The van der Waals surface area contributed by atoms with Gasteiger partial charge in [-0.2, -0.15) is 10.4 Å². The Balaban J connectivity index is 1.25. The van der Waals surface area contributed by atoms with E-state index in [0.717, 1.165) is 54.2 Å². The first-order valence-electron chi connectivity index (χ1n) is 12.8. The molecule has 0 N–H and O–H groups in total. The molecule has 0 spiro atoms. The van der Waals surface area contributed by atoms with Crippen LogP contribution in [0.15, 0.2) is 42.7 Å². The number of fused-ring (bicyclic) bond motifs is 2. The number of aromatic nitrogens is 5. The lowest BCUT2D eigenvalue weighted by Gasteiger charge is -2.33. The quantitative estimate of drug-likeness (QED) is 0.407. The van der Waals surface area contributed by atoms with Gasteiger partial charge in [0.05, 0.1) is 48.6 Å². The van der Waals surface area contributed by atoms with Gasteiger partial charge in [0.2, 0.25) is 0 Å². The zero-order chi connectivity index (χ0) is 25.8. The van der Waals surface area contributed by atoms with Gasteiger partial charge in [-0.1, -0.05) is 0 Å². The average Bonchev–Trinajstić information content (AvgIpc) is 3.74. The van der Waals surface area contributed by atoms with Gasteiger partial charge in [-0.15, -0.1) is 0 Å². The number of pyridine rings is 1. The molecule has 3 aliphatic rings. The number of ether oxygens (including phenoxy) is 3. The van der Waals surface area contributed by atoms with Gasteiger partial charge >= 0.3 is 0 Å². The van der Waals surface area contributed by atoms with Crippen molar-refractivity contribution in [2.24, 2.45) is 0 Å². The van der Waals surface area contributed by atoms with Crippen molar-refractivity contribution in [2.75, 3.05) is 51.4 Å². The molecule has 3 aromatic heterocycles. The van der Waals surface area contributed by atoms with E-state index in [9.17, 15) is 5.26 Å². The predicted octanol–water partition coefficient (Wildman–Crippen LogP) is 2.35. The number of benzene rings is 1. The summed E-state index contributed by atoms with van der Waals surface area (Å²) in [5.41, 5.74) is 4.87. The molecule has 0 saturated carbocycles. The van der Waals surface area contributed by atoms with Crippen LogP contribution < -0.4 is 4.90 Å². The van der Waals surface area contributed by atoms with E-state index in [0.29, 0.717) is 36.6 Å². The fraction of sp³-hybridized carbons (Fsp3) is 0.407. The van der Waals surface area contributed by atoms with Crippen molar-refractivity contribution in [1.29, 1.82) is 5.26 Å². The van der Waals surface area contributed by atoms with Crippen molar-refractivity contribution in [1.82, 2.24) is 29.2 Å². The summed E-state index contributed by atoms with van der Waals surface area (Å²) >= 11 is 0. The molecule has 11 nitrogen and oxygen atoms in total. The molecule has 7 rings (SSSR count). The molecule has 0 amide bonds. The highest BCUT2D eigenvalue weighted by molar-refractivity contribution is 5.81. The highest BCUT2D eigenvalue weighted by Gasteiger charge is 2.38. The number of rotatable bonds is 4. The zero-order valence-electron chi connectivity index (χ0n) is 21.3. The standard InChI is InChI=1S/C27H28N8O3/c1-17-11-18(13-28)31-35(17)26-20(27-37-9-10-38-27)4-6-25(30-26)34-16-29-21-12-19(3-5-22(21)34)33-14-23-24(15-33)36-8-7-32(23)2/h3-6,11-12,16,23-24,27H,7-10,14-15H2,1-2H3/t23-,24+/m0/s1. The number of aryl methyl sites for hydroxylation is 1. The third kappa shape index (κ3) is 3.85. The topological polar surface area (TPSA) is 106 Å². The van der Waals surface area contributed by atoms with E-state index in [2.05, 4.69) is 46.2 Å². The summed E-state index contributed by atoms with van der Waals surface area (Å²) < 4.78 is 21.2. The van der Waals surface area contributed by atoms with Gasteiger partial charge in [0.15, 0.2) is 17.8 Å². The van der Waals surface area contributed by atoms with Crippen LogP contribution in [0.25, 0.3) is 22.7 Å². The summed E-state index contributed by atoms with van der Waals surface area (Å²) in [6, 6.07) is 14.5. The average molecular weight is 513 g/mol. The molecule has 0 radical (unpaired) electrons. The molecule has 6 heterocycles. The molecular weight excluding hydrogens is 484 g/mol. The summed E-state index contributed by atoms with van der Waals surface area (Å²) in [4.78, 5) is 14.5. The number of nitrogens with zero attached hydrogens (tertiary/aromatic N) is 8. The fourth-order valence-electron chi connectivity index (χ4n) is 5.67. The molecule has 4 aromatic rings. The smallest absolute Gasteiger partial charge is 0.187 e. The first kappa shape index (κ1) is 23.3. The third-order valence-corrected chi connectivity index (χ3v) is 7.69. The van der Waals surface area contributed by atoms with Crippen LogP contribution >= 0.6 is 0 Å². The van der Waals surface area contributed by atoms with Crippen LogP contribution in [0.4, 0.5) is 5.69 Å². The van der Waals surface area contributed by atoms with E-state index in [1.165, 1.54) is 0 Å². The third-order valence-electron chi connectivity index (χ3n) is 7.69. The molecule has 11 heteroatoms. The van der Waals surface area contributed by atoms with Crippen LogP contribution in [0, 0.1) is 18.3 Å². The van der Waals surface area contributed by atoms with Gasteiger partial charge in [-0.25, -0.2) is 14.6 Å². The Morgan fingerprint density at radius 3 is 2.68 bits per heavy atom. The van der Waals surface area contributed by atoms with Crippen LogP contribution in [0.5, 0.6) is 0 Å². The molecule has 3 saturated heterocycles. The van der Waals surface area contributed by atoms with Crippen molar-refractivity contribution < 1.29 is 14.2 Å². The Morgan fingerprint density at radius 2 is 1.89 bits per heavy atom. The predicted molar refractivity (Wildman–Crippen MR) is 138 cm³/mol. The Labute approximate surface area is 219 Å². The van der Waals surface area contributed by atoms with Crippen LogP contribution in [0.3, 0.4) is 0 Å². The van der Waals surface area contributed by atoms with Gasteiger partial charge in [-0.05, 0) is 50.4 Å². The second-order valence-electron chi connectivity index (χ2n) is 10.0. The largest absolute Gasteiger partial charge is 0.373 e. The second-order valence-corrected chi connectivity index (χ2v) is 10.0. The minimum atomic E-state index is -0.532. The molecule has 0 bridgehead atoms. The number of morpholine rings is 1. The van der Waals surface area contributed by atoms with Gasteiger partial charge in [-0.3, -0.25) is 9.47 Å². The van der Waals surface area contributed by atoms with Gasteiger partial charge in [0, 0.05) is 31.0 Å². The lowest BCUT2D eigenvalue weighted by atomic mass is 10.1. The maximum absolute atomic E-state index is 9.38. The Hall–Kier alpha value is -3.82. The minimum absolute atomic E-state index is 0.239. The van der Waals surface area contributed by atoms with Gasteiger partial charge in [0.25, 0.3) is 0 Å². The van der Waals surface area contributed by atoms with Gasteiger partial charge < -0.3 is 19.1 Å². The van der Waals surface area contributed by atoms with Gasteiger partial charge in [0.1, 0.15) is 18.2 Å². The Kier molecular flexibility index (Phi) is 5.63. The van der Waals surface area contributed by atoms with E-state index in [1.54, 1.807) is 17.1 Å². The minimum Gasteiger partial charge on any atom is -0.373 e. The summed E-state index contributed by atoms with van der Waals surface area (Å²) in [5.74, 6) is 1.25. The first-order chi connectivity index (χ1) is 18.6. The summed E-state index contributed by atoms with van der Waals surface area (Å²) in [6.45, 7) is 6.52. The van der Waals surface area contributed by atoms with Crippen LogP contribution in [-0.2, 0) is 14.2 Å². The molecule has 2 atom stereocenters. The van der Waals surface area contributed by atoms with E-state index in [-0.39, 0.29) is 6.10 Å². The molecule has 38 heavy (non-hydrogen) atoms. The highest BCUT2D eigenvalue weighted by atomic mass is 16.7. The van der Waals surface area contributed by atoms with E-state index < -0.39 is 6.29 Å². The molecule has 3 fully saturated rings. The van der Waals surface area contributed by atoms with E-state index in [4.69, 9.17) is 24.2 Å². The maximum atomic E-state index is 9.38. The monoisotopic (exact) mass is 512 g/mol. The lowest BCUT2D eigenvalue weighted by molar-refractivity contribution is -0.0443. The number of imidazole rings is 1. The maximum Gasteiger partial charge on any atom is 0.187 e. The van der Waals surface area contributed by atoms with Crippen molar-refractivity contribution in [3.63, 3.8) is 0 Å². The summed E-state index contributed by atoms with van der Waals surface area (Å²) in [6.07, 6.45) is 1.50. The lowest BCUT2D eigenvalue weighted by Crippen LogP contribution is -2.48. The number of nitriles is 1. The first-order valence-corrected chi connectivity index (χ1v) is 12.8. The van der Waals surface area contributed by atoms with Crippen molar-refractivity contribution in [3.05, 3.63) is 59.7 Å². The fourth-order valence-corrected chi connectivity index (χ4v) is 5.67. The molecule has 1 aromatic carbocycles. The normalized spacial score (nSPS) is 22.3. The van der Waals surface area contributed by atoms with E-state index in [1.807, 2.05) is 23.6 Å². The van der Waals surface area contributed by atoms with Crippen LogP contribution in [0.2, 0.25) is 0 Å². The molecule has 3 aliphatic heterocycles. The van der Waals surface area contributed by atoms with Crippen molar-refractivity contribution in [3.8, 4) is 17.7 Å². The number of likely N-dealkylation sites (N-methyl/N-ethyl adjacent to an activating group) is 1. The molecular formula is C27H28N8O3. The Morgan fingerprint density at radius 1 is 1.03 bits per heavy atom. The summed E-state index contributed by atoms with van der Waals surface area (Å²) in [7, 11) is 2.18. The highest BCUT2D eigenvalue weighted by Crippen LogP contribution is 2.32. The van der Waals surface area contributed by atoms with Crippen LogP contribution in [0.1, 0.15) is 23.2 Å². The SMILES string of the molecule is Cc1cc(C#N)nn1-c1nc(-n2cnc3cc(N4C[C@H]5OCCN(C)[C@H]5C4)ccc32)ccc1C1OCCO1. The molecule has 194 valence electrons. The Bertz CT molecular complexity index is 1550. The van der Waals surface area contributed by atoms with Crippen molar-refractivity contribution >= 4 is 16.7 Å². The number of hydrogen-bond acceptors (Lipinski definition) is 9. The molecule has 0 aliphatic carbocycles. The molecule has 0 unspecified atom stereocenters. The number of hydrogen-bond donors (Lipinski definition) is 0. The van der Waals surface area contributed by atoms with E-state index >= 15 is 0 Å². The summed E-state index contributed by atoms with van der Waals surface area (Å²) in [5, 5.41) is 13.8. The van der Waals surface area contributed by atoms with Crippen LogP contribution in [-0.4, -0.2) is 87.9 Å². The zero-order valence-corrected chi connectivity index (χ0v) is 21.3.